The van der Waals surface area contributed by atoms with Gasteiger partial charge in [0.1, 0.15) is 0 Å². The van der Waals surface area contributed by atoms with Gasteiger partial charge < -0.3 is 9.47 Å². The third-order valence-corrected chi connectivity index (χ3v) is 5.20. The van der Waals surface area contributed by atoms with Crippen molar-refractivity contribution in [3.8, 4) is 11.5 Å². The van der Waals surface area contributed by atoms with Gasteiger partial charge in [-0.3, -0.25) is 14.7 Å². The van der Waals surface area contributed by atoms with Crippen molar-refractivity contribution in [1.29, 1.82) is 0 Å². The number of amides is 1. The van der Waals surface area contributed by atoms with Gasteiger partial charge in [-0.15, -0.1) is 0 Å². The van der Waals surface area contributed by atoms with Crippen molar-refractivity contribution >= 4 is 23.5 Å². The summed E-state index contributed by atoms with van der Waals surface area (Å²) in [5.41, 5.74) is 3.23. The molecule has 0 spiro atoms. The Kier molecular flexibility index (Phi) is 5.21. The topological polar surface area (TPSA) is 51.1 Å². The van der Waals surface area contributed by atoms with Crippen LogP contribution in [0.3, 0.4) is 0 Å². The van der Waals surface area contributed by atoms with Crippen LogP contribution >= 0.6 is 0 Å². The molecule has 2 aliphatic heterocycles. The highest BCUT2D eigenvalue weighted by Crippen LogP contribution is 2.41. The van der Waals surface area contributed by atoms with Crippen LogP contribution < -0.4 is 14.4 Å². The van der Waals surface area contributed by atoms with Gasteiger partial charge in [0.25, 0.3) is 5.91 Å². The predicted molar refractivity (Wildman–Crippen MR) is 116 cm³/mol. The quantitative estimate of drug-likeness (QED) is 0.663. The van der Waals surface area contributed by atoms with Crippen LogP contribution in [0, 0.1) is 0 Å². The first-order valence-corrected chi connectivity index (χ1v) is 9.74. The average Bonchev–Trinajstić information content (AvgIpc) is 3.04. The number of fused-ring (bicyclic) bond motifs is 4. The van der Waals surface area contributed by atoms with Crippen molar-refractivity contribution in [2.45, 2.75) is 31.9 Å². The van der Waals surface area contributed by atoms with Crippen LogP contribution in [0.15, 0.2) is 66.2 Å². The molecule has 0 radical (unpaired) electrons. The lowest BCUT2D eigenvalue weighted by atomic mass is 10.1. The number of rotatable bonds is 6. The van der Waals surface area contributed by atoms with Crippen molar-refractivity contribution in [3.05, 3.63) is 72.3 Å². The number of methoxy groups -OCH3 is 1. The second-order valence-electron chi connectivity index (χ2n) is 7.20. The summed E-state index contributed by atoms with van der Waals surface area (Å²) < 4.78 is 11.6. The number of allylic oxidation sites excluding steroid dienone is 2. The van der Waals surface area contributed by atoms with Crippen molar-refractivity contribution in [3.63, 3.8) is 0 Å². The lowest BCUT2D eigenvalue weighted by Crippen LogP contribution is -2.37. The molecule has 0 aliphatic carbocycles. The molecule has 148 valence electrons. The van der Waals surface area contributed by atoms with E-state index in [2.05, 4.69) is 17.6 Å². The summed E-state index contributed by atoms with van der Waals surface area (Å²) in [4.78, 5) is 19.8. The highest BCUT2D eigenvalue weighted by Gasteiger charge is 2.36. The number of benzene rings is 2. The van der Waals surface area contributed by atoms with E-state index in [0.717, 1.165) is 24.1 Å². The maximum absolute atomic E-state index is 13.4. The second-order valence-corrected chi connectivity index (χ2v) is 7.20. The van der Waals surface area contributed by atoms with Gasteiger partial charge >= 0.3 is 0 Å². The van der Waals surface area contributed by atoms with Crippen LogP contribution in [0.1, 0.15) is 29.3 Å². The number of nitrogens with zero attached hydrogens (tertiary/aromatic N) is 2. The van der Waals surface area contributed by atoms with E-state index in [-0.39, 0.29) is 18.1 Å². The number of hydrogen-bond acceptors (Lipinski definition) is 4. The number of carbonyl (C=O) groups is 1. The van der Waals surface area contributed by atoms with E-state index >= 15 is 0 Å². The van der Waals surface area contributed by atoms with Gasteiger partial charge in [0.15, 0.2) is 11.5 Å². The predicted octanol–water partition coefficient (Wildman–Crippen LogP) is 4.88. The highest BCUT2D eigenvalue weighted by atomic mass is 16.5. The zero-order valence-electron chi connectivity index (χ0n) is 16.7. The largest absolute Gasteiger partial charge is 0.493 e. The minimum atomic E-state index is -0.0781. The van der Waals surface area contributed by atoms with E-state index in [4.69, 9.17) is 9.47 Å². The first kappa shape index (κ1) is 19.0. The van der Waals surface area contributed by atoms with Gasteiger partial charge in [-0.1, -0.05) is 43.0 Å². The molecule has 0 saturated carbocycles. The van der Waals surface area contributed by atoms with E-state index in [1.165, 1.54) is 0 Å². The van der Waals surface area contributed by atoms with E-state index in [1.807, 2.05) is 48.4 Å². The molecule has 2 aliphatic rings. The highest BCUT2D eigenvalue weighted by molar-refractivity contribution is 6.14. The zero-order valence-corrected chi connectivity index (χ0v) is 16.7. The molecule has 5 nitrogen and oxygen atoms in total. The fourth-order valence-corrected chi connectivity index (χ4v) is 3.80. The molecule has 0 bridgehead atoms. The number of aliphatic imine (C=N–C) groups is 1. The van der Waals surface area contributed by atoms with Crippen LogP contribution in [-0.2, 0) is 6.42 Å². The summed E-state index contributed by atoms with van der Waals surface area (Å²) in [6, 6.07) is 11.5. The molecule has 1 unspecified atom stereocenters. The molecule has 2 aromatic rings. The summed E-state index contributed by atoms with van der Waals surface area (Å²) in [5.74, 6) is 1.04. The fraction of sp³-hybridized carbons (Fsp3) is 0.250. The van der Waals surface area contributed by atoms with E-state index < -0.39 is 0 Å². The third kappa shape index (κ3) is 3.56. The number of anilines is 1. The zero-order chi connectivity index (χ0) is 20.4. The minimum Gasteiger partial charge on any atom is -0.493 e. The maximum atomic E-state index is 13.4. The Morgan fingerprint density at radius 2 is 2.14 bits per heavy atom. The van der Waals surface area contributed by atoms with Crippen molar-refractivity contribution in [2.24, 2.45) is 4.99 Å². The smallest absolute Gasteiger partial charge is 0.261 e. The Balaban J connectivity index is 1.68. The molecule has 2 atom stereocenters. The number of para-hydroxylation sites is 1. The van der Waals surface area contributed by atoms with E-state index in [9.17, 15) is 4.79 Å². The van der Waals surface area contributed by atoms with Crippen LogP contribution in [0.25, 0.3) is 0 Å². The van der Waals surface area contributed by atoms with E-state index in [0.29, 0.717) is 22.7 Å². The van der Waals surface area contributed by atoms with Gasteiger partial charge in [-0.05, 0) is 24.6 Å². The molecule has 2 heterocycles. The van der Waals surface area contributed by atoms with Gasteiger partial charge in [-0.2, -0.15) is 0 Å². The lowest BCUT2D eigenvalue weighted by Gasteiger charge is -2.22. The van der Waals surface area contributed by atoms with Gasteiger partial charge in [0.05, 0.1) is 30.5 Å². The van der Waals surface area contributed by atoms with E-state index in [1.54, 1.807) is 25.3 Å². The van der Waals surface area contributed by atoms with Crippen LogP contribution in [0.5, 0.6) is 11.5 Å². The first-order chi connectivity index (χ1) is 14.1. The molecule has 0 N–H and O–H groups in total. The second kappa shape index (κ2) is 7.95. The first-order valence-electron chi connectivity index (χ1n) is 9.74. The van der Waals surface area contributed by atoms with Crippen molar-refractivity contribution in [1.82, 2.24) is 0 Å². The summed E-state index contributed by atoms with van der Waals surface area (Å²) in [6.45, 7) is 5.66. The number of carbonyl (C=O) groups excluding carboxylic acids is 1. The molecule has 5 heteroatoms. The summed E-state index contributed by atoms with van der Waals surface area (Å²) in [5, 5.41) is 0. The Morgan fingerprint density at radius 1 is 1.31 bits per heavy atom. The summed E-state index contributed by atoms with van der Waals surface area (Å²) in [6.07, 6.45) is 8.94. The van der Waals surface area contributed by atoms with Gasteiger partial charge in [0, 0.05) is 30.8 Å². The van der Waals surface area contributed by atoms with Gasteiger partial charge in [0.2, 0.25) is 0 Å². The molecule has 0 aromatic heterocycles. The SMILES string of the molecule is C=C/C=C\CC(C)Oc1cc2c(cc1OC)C(=O)N1c3ccccc3C[C@H]1C=N2. The van der Waals surface area contributed by atoms with Crippen LogP contribution in [0.4, 0.5) is 11.4 Å². The molecule has 2 aromatic carbocycles. The molecular formula is C24H24N2O3. The molecule has 4 rings (SSSR count). The summed E-state index contributed by atoms with van der Waals surface area (Å²) in [7, 11) is 1.58. The lowest BCUT2D eigenvalue weighted by molar-refractivity contribution is 0.0986. The Hall–Kier alpha value is -3.34. The third-order valence-electron chi connectivity index (χ3n) is 5.20. The monoisotopic (exact) mass is 388 g/mol. The van der Waals surface area contributed by atoms with Crippen LogP contribution in [-0.4, -0.2) is 31.4 Å². The average molecular weight is 388 g/mol. The summed E-state index contributed by atoms with van der Waals surface area (Å²) >= 11 is 0. The molecular weight excluding hydrogens is 364 g/mol. The maximum Gasteiger partial charge on any atom is 0.261 e. The number of ether oxygens (including phenoxy) is 2. The standard InChI is InChI=1S/C24H24N2O3/c1-4-5-6-9-16(2)29-23-14-20-19(13-22(23)28-3)24(27)26-18(15-25-20)12-17-10-7-8-11-21(17)26/h4-8,10-11,13-16,18H,1,9,12H2,2-3H3/b6-5-/t16?,18-/m0/s1. The molecule has 29 heavy (non-hydrogen) atoms. The minimum absolute atomic E-state index is 0.0568. The molecule has 0 saturated heterocycles. The van der Waals surface area contributed by atoms with Crippen molar-refractivity contribution < 1.29 is 14.3 Å². The Labute approximate surface area is 171 Å². The van der Waals surface area contributed by atoms with Gasteiger partial charge in [-0.25, -0.2) is 0 Å². The van der Waals surface area contributed by atoms with Crippen molar-refractivity contribution in [2.75, 3.05) is 12.0 Å². The normalized spacial score (nSPS) is 18.1. The number of hydrogen-bond donors (Lipinski definition) is 0. The fourth-order valence-electron chi connectivity index (χ4n) is 3.80. The molecule has 0 fully saturated rings. The van der Waals surface area contributed by atoms with Crippen LogP contribution in [0.2, 0.25) is 0 Å². The molecule has 1 amide bonds. The Bertz CT molecular complexity index is 1010. The Morgan fingerprint density at radius 3 is 2.93 bits per heavy atom.